The minimum absolute atomic E-state index is 0.0585. The number of anilines is 1. The molecule has 0 fully saturated rings. The molecule has 1 amide bonds. The third-order valence-corrected chi connectivity index (χ3v) is 7.54. The van der Waals surface area contributed by atoms with Gasteiger partial charge in [-0.25, -0.2) is 8.42 Å². The maximum atomic E-state index is 12.9. The van der Waals surface area contributed by atoms with Crippen molar-refractivity contribution in [2.75, 3.05) is 25.6 Å². The summed E-state index contributed by atoms with van der Waals surface area (Å²) in [6.07, 6.45) is 0.350. The van der Waals surface area contributed by atoms with Crippen LogP contribution in [0.25, 0.3) is 0 Å². The molecule has 11 heteroatoms. The predicted octanol–water partition coefficient (Wildman–Crippen LogP) is 3.50. The first-order valence-electron chi connectivity index (χ1n) is 11.5. The van der Waals surface area contributed by atoms with E-state index in [1.165, 1.54) is 35.6 Å². The zero-order valence-electron chi connectivity index (χ0n) is 20.0. The lowest BCUT2D eigenvalue weighted by Gasteiger charge is -2.18. The molecular weight excluding hydrogens is 496 g/mol. The van der Waals surface area contributed by atoms with Gasteiger partial charge in [0.15, 0.2) is 11.5 Å². The number of hydrogen-bond donors (Lipinski definition) is 1. The maximum absolute atomic E-state index is 12.9. The Balaban J connectivity index is 1.21. The van der Waals surface area contributed by atoms with Crippen LogP contribution in [0.15, 0.2) is 82.1 Å². The molecule has 0 saturated heterocycles. The van der Waals surface area contributed by atoms with E-state index in [1.54, 1.807) is 0 Å². The number of sulfonamides is 1. The molecule has 2 heterocycles. The Bertz CT molecular complexity index is 1500. The Morgan fingerprint density at radius 1 is 0.919 bits per heavy atom. The molecule has 0 aliphatic carbocycles. The van der Waals surface area contributed by atoms with Gasteiger partial charge in [-0.05, 0) is 47.5 Å². The van der Waals surface area contributed by atoms with E-state index in [0.29, 0.717) is 37.0 Å². The number of carbonyl (C=O) groups is 1. The molecule has 37 heavy (non-hydrogen) atoms. The number of fused-ring (bicyclic) bond motifs is 1. The largest absolute Gasteiger partial charge is 0.486 e. The number of rotatable bonds is 8. The molecule has 0 unspecified atom stereocenters. The number of carbonyl (C=O) groups excluding carboxylic acids is 1. The van der Waals surface area contributed by atoms with E-state index in [9.17, 15) is 13.2 Å². The highest BCUT2D eigenvalue weighted by Gasteiger charge is 2.22. The summed E-state index contributed by atoms with van der Waals surface area (Å²) in [6, 6.07) is 20.5. The fourth-order valence-electron chi connectivity index (χ4n) is 3.80. The second kappa shape index (κ2) is 10.4. The van der Waals surface area contributed by atoms with Crippen molar-refractivity contribution in [3.05, 3.63) is 95.4 Å². The Hall–Kier alpha value is -4.22. The second-order valence-corrected chi connectivity index (χ2v) is 10.4. The number of nitrogens with zero attached hydrogens (tertiary/aromatic N) is 3. The van der Waals surface area contributed by atoms with E-state index in [-0.39, 0.29) is 23.0 Å². The summed E-state index contributed by atoms with van der Waals surface area (Å²) in [5, 5.41) is 10.4. The predicted molar refractivity (Wildman–Crippen MR) is 134 cm³/mol. The Kier molecular flexibility index (Phi) is 6.89. The van der Waals surface area contributed by atoms with Crippen molar-refractivity contribution in [3.63, 3.8) is 0 Å². The summed E-state index contributed by atoms with van der Waals surface area (Å²) < 4.78 is 43.8. The molecule has 0 bridgehead atoms. The molecule has 0 saturated carbocycles. The molecule has 190 valence electrons. The van der Waals surface area contributed by atoms with E-state index in [1.807, 2.05) is 48.5 Å². The van der Waals surface area contributed by atoms with Crippen molar-refractivity contribution >= 4 is 21.9 Å². The van der Waals surface area contributed by atoms with Crippen LogP contribution in [0.4, 0.5) is 6.01 Å². The zero-order valence-corrected chi connectivity index (χ0v) is 20.8. The van der Waals surface area contributed by atoms with Gasteiger partial charge in [-0.2, -0.15) is 4.31 Å². The van der Waals surface area contributed by atoms with Crippen molar-refractivity contribution in [3.8, 4) is 11.5 Å². The molecule has 1 aliphatic rings. The standard InChI is InChI=1S/C26H24N4O6S/c1-30(17-18-5-3-2-4-6-18)37(32,33)21-10-8-20(9-11-21)25(31)27-26-29-28-24(36-26)16-19-7-12-22-23(15-19)35-14-13-34-22/h2-12,15H,13-14,16-17H2,1H3,(H,27,29,31). The number of ether oxygens (including phenoxy) is 2. The molecule has 0 atom stereocenters. The van der Waals surface area contributed by atoms with Gasteiger partial charge in [0.2, 0.25) is 15.9 Å². The molecule has 10 nitrogen and oxygen atoms in total. The first kappa shape index (κ1) is 24.5. The normalized spacial score (nSPS) is 12.9. The van der Waals surface area contributed by atoms with Gasteiger partial charge in [-0.1, -0.05) is 41.5 Å². The average molecular weight is 521 g/mol. The summed E-state index contributed by atoms with van der Waals surface area (Å²) in [4.78, 5) is 12.7. The number of benzene rings is 3. The van der Waals surface area contributed by atoms with Crippen molar-refractivity contribution < 1.29 is 27.1 Å². The fourth-order valence-corrected chi connectivity index (χ4v) is 4.96. The monoisotopic (exact) mass is 520 g/mol. The Morgan fingerprint density at radius 3 is 2.41 bits per heavy atom. The van der Waals surface area contributed by atoms with Gasteiger partial charge in [0.05, 0.1) is 11.3 Å². The van der Waals surface area contributed by atoms with Gasteiger partial charge in [0.25, 0.3) is 5.91 Å². The number of aromatic nitrogens is 2. The van der Waals surface area contributed by atoms with Crippen LogP contribution < -0.4 is 14.8 Å². The third kappa shape index (κ3) is 5.63. The van der Waals surface area contributed by atoms with Crippen LogP contribution in [0.5, 0.6) is 11.5 Å². The number of hydrogen-bond acceptors (Lipinski definition) is 8. The smallest absolute Gasteiger partial charge is 0.322 e. The third-order valence-electron chi connectivity index (χ3n) is 5.72. The van der Waals surface area contributed by atoms with E-state index in [2.05, 4.69) is 15.5 Å². The van der Waals surface area contributed by atoms with Crippen molar-refractivity contribution in [2.45, 2.75) is 17.9 Å². The lowest BCUT2D eigenvalue weighted by atomic mass is 10.1. The van der Waals surface area contributed by atoms with Gasteiger partial charge >= 0.3 is 6.01 Å². The molecule has 0 spiro atoms. The van der Waals surface area contributed by atoms with Crippen LogP contribution in [0.3, 0.4) is 0 Å². The molecule has 5 rings (SSSR count). The van der Waals surface area contributed by atoms with Crippen LogP contribution in [0.2, 0.25) is 0 Å². The SMILES string of the molecule is CN(Cc1ccccc1)S(=O)(=O)c1ccc(C(=O)Nc2nnc(Cc3ccc4c(c3)OCCO4)o2)cc1. The lowest BCUT2D eigenvalue weighted by Crippen LogP contribution is -2.26. The van der Waals surface area contributed by atoms with Crippen molar-refractivity contribution in [1.29, 1.82) is 0 Å². The van der Waals surface area contributed by atoms with Crippen LogP contribution in [-0.2, 0) is 23.0 Å². The van der Waals surface area contributed by atoms with E-state index in [4.69, 9.17) is 13.9 Å². The highest BCUT2D eigenvalue weighted by Crippen LogP contribution is 2.31. The molecule has 1 aromatic heterocycles. The number of amides is 1. The van der Waals surface area contributed by atoms with Crippen LogP contribution in [0, 0.1) is 0 Å². The zero-order chi connectivity index (χ0) is 25.8. The van der Waals surface area contributed by atoms with E-state index < -0.39 is 15.9 Å². The average Bonchev–Trinajstić information content (AvgIpc) is 3.35. The minimum atomic E-state index is -3.73. The van der Waals surface area contributed by atoms with Gasteiger partial charge < -0.3 is 13.9 Å². The summed E-state index contributed by atoms with van der Waals surface area (Å²) in [5.41, 5.74) is 2.01. The van der Waals surface area contributed by atoms with Crippen LogP contribution in [0.1, 0.15) is 27.4 Å². The van der Waals surface area contributed by atoms with Gasteiger partial charge in [-0.15, -0.1) is 5.10 Å². The Labute approximate surface area is 213 Å². The van der Waals surface area contributed by atoms with Gasteiger partial charge in [-0.3, -0.25) is 10.1 Å². The minimum Gasteiger partial charge on any atom is -0.486 e. The number of nitrogens with one attached hydrogen (secondary N) is 1. The molecule has 4 aromatic rings. The van der Waals surface area contributed by atoms with E-state index in [0.717, 1.165) is 11.1 Å². The van der Waals surface area contributed by atoms with Crippen LogP contribution >= 0.6 is 0 Å². The van der Waals surface area contributed by atoms with Crippen molar-refractivity contribution in [2.24, 2.45) is 0 Å². The molecule has 3 aromatic carbocycles. The van der Waals surface area contributed by atoms with Gasteiger partial charge in [0.1, 0.15) is 13.2 Å². The first-order chi connectivity index (χ1) is 17.9. The lowest BCUT2D eigenvalue weighted by molar-refractivity contribution is 0.102. The molecule has 1 N–H and O–H groups in total. The second-order valence-electron chi connectivity index (χ2n) is 8.38. The fraction of sp³-hybridized carbons (Fsp3) is 0.192. The maximum Gasteiger partial charge on any atom is 0.322 e. The van der Waals surface area contributed by atoms with Crippen molar-refractivity contribution in [1.82, 2.24) is 14.5 Å². The summed E-state index contributed by atoms with van der Waals surface area (Å²) in [5.74, 6) is 1.16. The highest BCUT2D eigenvalue weighted by molar-refractivity contribution is 7.89. The highest BCUT2D eigenvalue weighted by atomic mass is 32.2. The summed E-state index contributed by atoms with van der Waals surface area (Å²) >= 11 is 0. The van der Waals surface area contributed by atoms with Crippen LogP contribution in [-0.4, -0.2) is 49.1 Å². The quantitative estimate of drug-likeness (QED) is 0.374. The molecule has 1 aliphatic heterocycles. The summed E-state index contributed by atoms with van der Waals surface area (Å²) in [6.45, 7) is 1.24. The first-order valence-corrected chi connectivity index (χ1v) is 12.9. The summed E-state index contributed by atoms with van der Waals surface area (Å²) in [7, 11) is -2.21. The van der Waals surface area contributed by atoms with E-state index >= 15 is 0 Å². The van der Waals surface area contributed by atoms with Gasteiger partial charge in [0, 0.05) is 19.2 Å². The molecular formula is C26H24N4O6S. The Morgan fingerprint density at radius 2 is 1.65 bits per heavy atom. The molecule has 0 radical (unpaired) electrons. The topological polar surface area (TPSA) is 124 Å².